The quantitative estimate of drug-likeness (QED) is 0.229. The maximum Gasteiger partial charge on any atom is 0.261 e. The second-order valence-corrected chi connectivity index (χ2v) is 10.8. The Bertz CT molecular complexity index is 1780. The van der Waals surface area contributed by atoms with E-state index in [2.05, 4.69) is 4.98 Å². The summed E-state index contributed by atoms with van der Waals surface area (Å²) >= 11 is 0. The molecule has 41 heavy (non-hydrogen) atoms. The van der Waals surface area contributed by atoms with E-state index in [9.17, 15) is 14.0 Å². The van der Waals surface area contributed by atoms with Crippen LogP contribution in [-0.4, -0.2) is 33.3 Å². The number of amides is 1. The van der Waals surface area contributed by atoms with Gasteiger partial charge in [0.15, 0.2) is 11.6 Å². The van der Waals surface area contributed by atoms with Gasteiger partial charge in [0.05, 0.1) is 11.6 Å². The highest BCUT2D eigenvalue weighted by molar-refractivity contribution is 5.96. The van der Waals surface area contributed by atoms with Crippen LogP contribution in [0.3, 0.4) is 0 Å². The Morgan fingerprint density at radius 3 is 2.41 bits per heavy atom. The number of halogens is 2. The fourth-order valence-electron chi connectivity index (χ4n) is 5.58. The Morgan fingerprint density at radius 1 is 1.00 bits per heavy atom. The van der Waals surface area contributed by atoms with Gasteiger partial charge < -0.3 is 15.6 Å². The first-order valence-corrected chi connectivity index (χ1v) is 13.9. The van der Waals surface area contributed by atoms with Crippen LogP contribution in [0.1, 0.15) is 59.1 Å². The number of fused-ring (bicyclic) bond motifs is 3. The van der Waals surface area contributed by atoms with Crippen LogP contribution in [-0.2, 0) is 6.42 Å². The lowest BCUT2D eigenvalue weighted by Crippen LogP contribution is -2.41. The van der Waals surface area contributed by atoms with Gasteiger partial charge in [-0.25, -0.2) is 8.78 Å². The van der Waals surface area contributed by atoms with Gasteiger partial charge in [-0.2, -0.15) is 0 Å². The van der Waals surface area contributed by atoms with Gasteiger partial charge in [0.1, 0.15) is 5.65 Å². The smallest absolute Gasteiger partial charge is 0.261 e. The second kappa shape index (κ2) is 11.7. The van der Waals surface area contributed by atoms with Gasteiger partial charge in [-0.3, -0.25) is 14.0 Å². The van der Waals surface area contributed by atoms with Crippen molar-refractivity contribution in [3.63, 3.8) is 0 Å². The summed E-state index contributed by atoms with van der Waals surface area (Å²) in [6, 6.07) is 19.4. The van der Waals surface area contributed by atoms with Crippen molar-refractivity contribution in [2.75, 3.05) is 13.1 Å². The number of benzene rings is 3. The van der Waals surface area contributed by atoms with Gasteiger partial charge in [0.2, 0.25) is 0 Å². The summed E-state index contributed by atoms with van der Waals surface area (Å²) < 4.78 is 31.3. The standard InChI is InChI=1S/C33H34F2N4O2/c1-20(2)30(38(17-9-16-36)32(40)25-15-14-21(3)27(34)28(25)35)29-26(18-22-10-5-4-6-11-22)33(41)39-19-23-12-7-8-13-24(23)31(39)37-29/h4-8,10-15,19-20,30,37H,9,16-18,36H2,1-3H3. The monoisotopic (exact) mass is 556 g/mol. The summed E-state index contributed by atoms with van der Waals surface area (Å²) in [5, 5.41) is 1.77. The predicted molar refractivity (Wildman–Crippen MR) is 158 cm³/mol. The van der Waals surface area contributed by atoms with Crippen LogP contribution in [0.4, 0.5) is 8.78 Å². The van der Waals surface area contributed by atoms with E-state index in [0.717, 1.165) is 16.3 Å². The molecule has 3 aromatic carbocycles. The molecule has 0 aliphatic carbocycles. The average Bonchev–Trinajstić information content (AvgIpc) is 3.34. The first kappa shape index (κ1) is 28.2. The van der Waals surface area contributed by atoms with Gasteiger partial charge >= 0.3 is 0 Å². The molecule has 0 aliphatic heterocycles. The lowest BCUT2D eigenvalue weighted by molar-refractivity contribution is 0.0608. The molecule has 0 saturated carbocycles. The fraction of sp³-hybridized carbons (Fsp3) is 0.273. The number of H-pyrrole nitrogens is 1. The average molecular weight is 557 g/mol. The Balaban J connectivity index is 1.76. The molecule has 8 heteroatoms. The third kappa shape index (κ3) is 5.27. The van der Waals surface area contributed by atoms with Crippen LogP contribution in [0.2, 0.25) is 0 Å². The molecule has 0 bridgehead atoms. The zero-order valence-electron chi connectivity index (χ0n) is 23.5. The summed E-state index contributed by atoms with van der Waals surface area (Å²) in [4.78, 5) is 33.3. The largest absolute Gasteiger partial charge is 0.342 e. The van der Waals surface area contributed by atoms with Crippen LogP contribution < -0.4 is 11.3 Å². The summed E-state index contributed by atoms with van der Waals surface area (Å²) in [5.74, 6) is -3.07. The molecule has 1 amide bonds. The molecular weight excluding hydrogens is 522 g/mol. The molecule has 0 saturated heterocycles. The Labute approximate surface area is 237 Å². The molecular formula is C33H34F2N4O2. The summed E-state index contributed by atoms with van der Waals surface area (Å²) in [5.41, 5.74) is 8.05. The number of nitrogens with zero attached hydrogens (tertiary/aromatic N) is 2. The highest BCUT2D eigenvalue weighted by atomic mass is 19.2. The van der Waals surface area contributed by atoms with Crippen LogP contribution in [0, 0.1) is 24.5 Å². The molecule has 0 spiro atoms. The van der Waals surface area contributed by atoms with Crippen molar-refractivity contribution in [2.24, 2.45) is 11.7 Å². The number of carbonyl (C=O) groups excluding carboxylic acids is 1. The minimum absolute atomic E-state index is 0.119. The van der Waals surface area contributed by atoms with Crippen molar-refractivity contribution in [3.05, 3.63) is 123 Å². The maximum atomic E-state index is 15.1. The number of aryl methyl sites for hydroxylation is 1. The highest BCUT2D eigenvalue weighted by Gasteiger charge is 2.34. The van der Waals surface area contributed by atoms with E-state index in [4.69, 9.17) is 5.73 Å². The lowest BCUT2D eigenvalue weighted by Gasteiger charge is -2.36. The number of hydrogen-bond donors (Lipinski definition) is 2. The minimum atomic E-state index is -1.18. The van der Waals surface area contributed by atoms with Gasteiger partial charge in [-0.15, -0.1) is 0 Å². The van der Waals surface area contributed by atoms with Gasteiger partial charge in [0.25, 0.3) is 11.5 Å². The molecule has 0 fully saturated rings. The van der Waals surface area contributed by atoms with Crippen LogP contribution >= 0.6 is 0 Å². The van der Waals surface area contributed by atoms with Gasteiger partial charge in [0, 0.05) is 41.2 Å². The van der Waals surface area contributed by atoms with E-state index in [-0.39, 0.29) is 29.1 Å². The van der Waals surface area contributed by atoms with Gasteiger partial charge in [-0.05, 0) is 43.0 Å². The number of hydrogen-bond acceptors (Lipinski definition) is 3. The van der Waals surface area contributed by atoms with Gasteiger partial charge in [-0.1, -0.05) is 74.5 Å². The molecule has 0 aliphatic rings. The van der Waals surface area contributed by atoms with E-state index >= 15 is 4.39 Å². The second-order valence-electron chi connectivity index (χ2n) is 10.8. The molecule has 5 aromatic rings. The molecule has 1 atom stereocenters. The van der Waals surface area contributed by atoms with Crippen molar-refractivity contribution in [2.45, 2.75) is 39.7 Å². The maximum absolute atomic E-state index is 15.1. The Morgan fingerprint density at radius 2 is 1.71 bits per heavy atom. The number of nitrogens with one attached hydrogen (secondary N) is 1. The van der Waals surface area contributed by atoms with E-state index in [1.807, 2.05) is 74.6 Å². The van der Waals surface area contributed by atoms with Crippen molar-refractivity contribution < 1.29 is 13.6 Å². The zero-order valence-corrected chi connectivity index (χ0v) is 23.5. The molecule has 1 unspecified atom stereocenters. The molecule has 2 aromatic heterocycles. The molecule has 3 N–H and O–H groups in total. The summed E-state index contributed by atoms with van der Waals surface area (Å²) in [6.45, 7) is 5.85. The van der Waals surface area contributed by atoms with E-state index in [1.165, 1.54) is 24.0 Å². The number of aromatic nitrogens is 2. The van der Waals surface area contributed by atoms with Crippen molar-refractivity contribution in [3.8, 4) is 0 Å². The normalized spacial score (nSPS) is 12.4. The minimum Gasteiger partial charge on any atom is -0.342 e. The molecule has 0 radical (unpaired) electrons. The molecule has 5 rings (SSSR count). The number of aromatic amines is 1. The Hall–Kier alpha value is -4.30. The number of nitrogens with two attached hydrogens (primary N) is 1. The van der Waals surface area contributed by atoms with Crippen LogP contribution in [0.25, 0.3) is 16.4 Å². The van der Waals surface area contributed by atoms with E-state index in [0.29, 0.717) is 36.3 Å². The Kier molecular flexibility index (Phi) is 8.03. The third-order valence-corrected chi connectivity index (χ3v) is 7.64. The SMILES string of the molecule is Cc1ccc(C(=O)N(CCCN)C(c2[nH]c3c4ccccc4cn3c(=O)c2Cc2ccccc2)C(C)C)c(F)c1F. The van der Waals surface area contributed by atoms with Crippen molar-refractivity contribution >= 4 is 22.3 Å². The van der Waals surface area contributed by atoms with Crippen molar-refractivity contribution in [1.29, 1.82) is 0 Å². The number of carbonyl (C=O) groups is 1. The highest BCUT2D eigenvalue weighted by Crippen LogP contribution is 2.33. The van der Waals surface area contributed by atoms with Crippen molar-refractivity contribution in [1.82, 2.24) is 14.3 Å². The third-order valence-electron chi connectivity index (χ3n) is 7.64. The van der Waals surface area contributed by atoms with E-state index < -0.39 is 23.6 Å². The molecule has 212 valence electrons. The predicted octanol–water partition coefficient (Wildman–Crippen LogP) is 6.15. The van der Waals surface area contributed by atoms with Crippen LogP contribution in [0.5, 0.6) is 0 Å². The molecule has 6 nitrogen and oxygen atoms in total. The number of rotatable bonds is 9. The first-order chi connectivity index (χ1) is 19.7. The molecule has 2 heterocycles. The lowest BCUT2D eigenvalue weighted by atomic mass is 9.92. The summed E-state index contributed by atoms with van der Waals surface area (Å²) in [6.07, 6.45) is 2.58. The topological polar surface area (TPSA) is 83.6 Å². The zero-order chi connectivity index (χ0) is 29.3. The van der Waals surface area contributed by atoms with Crippen LogP contribution in [0.15, 0.2) is 77.7 Å². The summed E-state index contributed by atoms with van der Waals surface area (Å²) in [7, 11) is 0. The van der Waals surface area contributed by atoms with E-state index in [1.54, 1.807) is 4.40 Å². The fourth-order valence-corrected chi connectivity index (χ4v) is 5.58. The first-order valence-electron chi connectivity index (χ1n) is 13.9.